The molecule has 0 aromatic heterocycles. The number of aliphatic carboxylic acids is 1. The Bertz CT molecular complexity index is 567. The fraction of sp³-hybridized carbons (Fsp3) is 0.500. The van der Waals surface area contributed by atoms with E-state index in [4.69, 9.17) is 4.74 Å². The zero-order chi connectivity index (χ0) is 15.8. The van der Waals surface area contributed by atoms with Gasteiger partial charge in [-0.3, -0.25) is 9.59 Å². The molecular formula is C16H21NO4. The van der Waals surface area contributed by atoms with Crippen LogP contribution in [-0.2, 0) is 9.59 Å². The number of hydrogen-bond acceptors (Lipinski definition) is 3. The number of ether oxygens (including phenoxy) is 1. The monoisotopic (exact) mass is 291 g/mol. The fourth-order valence-electron chi connectivity index (χ4n) is 2.90. The van der Waals surface area contributed by atoms with Gasteiger partial charge >= 0.3 is 5.97 Å². The van der Waals surface area contributed by atoms with Crippen molar-refractivity contribution in [1.82, 2.24) is 0 Å². The van der Waals surface area contributed by atoms with E-state index < -0.39 is 23.2 Å². The highest BCUT2D eigenvalue weighted by Crippen LogP contribution is 2.59. The van der Waals surface area contributed by atoms with Crippen molar-refractivity contribution in [1.29, 1.82) is 0 Å². The minimum Gasteiger partial charge on any atom is -0.492 e. The SMILES string of the molecule is CCOc1ccccc1N(C)C(=O)[C@@H]1[C@H](C(=O)O)C1(C)C. The molecule has 1 N–H and O–H groups in total. The standard InChI is InChI=1S/C16H21NO4/c1-5-21-11-9-7-6-8-10(11)17(4)14(18)12-13(15(19)20)16(12,2)3/h6-9,12-13H,5H2,1-4H3,(H,19,20)/t12-,13+/m0/s1. The van der Waals surface area contributed by atoms with Gasteiger partial charge in [0.2, 0.25) is 5.91 Å². The normalized spacial score (nSPS) is 22.5. The van der Waals surface area contributed by atoms with E-state index in [-0.39, 0.29) is 5.91 Å². The van der Waals surface area contributed by atoms with E-state index in [9.17, 15) is 14.7 Å². The molecular weight excluding hydrogens is 270 g/mol. The summed E-state index contributed by atoms with van der Waals surface area (Å²) in [6.45, 7) is 6.02. The van der Waals surface area contributed by atoms with Crippen LogP contribution in [0.1, 0.15) is 20.8 Å². The van der Waals surface area contributed by atoms with E-state index in [1.165, 1.54) is 4.90 Å². The molecule has 2 rings (SSSR count). The van der Waals surface area contributed by atoms with Crippen LogP contribution >= 0.6 is 0 Å². The highest BCUT2D eigenvalue weighted by Gasteiger charge is 2.66. The van der Waals surface area contributed by atoms with Gasteiger partial charge in [0.15, 0.2) is 0 Å². The Morgan fingerprint density at radius 2 is 1.90 bits per heavy atom. The maximum Gasteiger partial charge on any atom is 0.307 e. The van der Waals surface area contributed by atoms with Crippen molar-refractivity contribution < 1.29 is 19.4 Å². The summed E-state index contributed by atoms with van der Waals surface area (Å²) in [6, 6.07) is 7.27. The van der Waals surface area contributed by atoms with Gasteiger partial charge in [-0.05, 0) is 24.5 Å². The van der Waals surface area contributed by atoms with E-state index >= 15 is 0 Å². The molecule has 0 heterocycles. The molecule has 1 aliphatic rings. The first kappa shape index (κ1) is 15.4. The minimum absolute atomic E-state index is 0.181. The van der Waals surface area contributed by atoms with Gasteiger partial charge in [0, 0.05) is 7.05 Å². The van der Waals surface area contributed by atoms with E-state index in [0.29, 0.717) is 18.0 Å². The quantitative estimate of drug-likeness (QED) is 0.904. The number of para-hydroxylation sites is 2. The van der Waals surface area contributed by atoms with E-state index in [0.717, 1.165) is 0 Å². The summed E-state index contributed by atoms with van der Waals surface area (Å²) in [4.78, 5) is 25.3. The average molecular weight is 291 g/mol. The number of benzene rings is 1. The second kappa shape index (κ2) is 5.39. The number of anilines is 1. The molecule has 21 heavy (non-hydrogen) atoms. The van der Waals surface area contributed by atoms with Crippen LogP contribution in [0.2, 0.25) is 0 Å². The maximum atomic E-state index is 12.6. The molecule has 0 spiro atoms. The highest BCUT2D eigenvalue weighted by atomic mass is 16.5. The Labute approximate surface area is 124 Å². The molecule has 1 aliphatic carbocycles. The number of carbonyl (C=O) groups is 2. The molecule has 5 nitrogen and oxygen atoms in total. The van der Waals surface area contributed by atoms with Crippen molar-refractivity contribution in [2.75, 3.05) is 18.6 Å². The third kappa shape index (κ3) is 2.60. The van der Waals surface area contributed by atoms with Gasteiger partial charge in [-0.15, -0.1) is 0 Å². The predicted molar refractivity (Wildman–Crippen MR) is 79.4 cm³/mol. The van der Waals surface area contributed by atoms with E-state index in [1.807, 2.05) is 32.9 Å². The average Bonchev–Trinajstić information content (AvgIpc) is 3.01. The first-order valence-electron chi connectivity index (χ1n) is 7.04. The largest absolute Gasteiger partial charge is 0.492 e. The molecule has 1 aromatic rings. The molecule has 0 bridgehead atoms. The van der Waals surface area contributed by atoms with Crippen molar-refractivity contribution in [2.45, 2.75) is 20.8 Å². The minimum atomic E-state index is -0.912. The van der Waals surface area contributed by atoms with Crippen molar-refractivity contribution in [3.8, 4) is 5.75 Å². The van der Waals surface area contributed by atoms with Crippen LogP contribution in [0.15, 0.2) is 24.3 Å². The molecule has 0 saturated heterocycles. The van der Waals surface area contributed by atoms with Crippen LogP contribution in [-0.4, -0.2) is 30.6 Å². The first-order chi connectivity index (χ1) is 9.82. The number of carboxylic acids is 1. The molecule has 1 amide bonds. The Kier molecular flexibility index (Phi) is 3.94. The van der Waals surface area contributed by atoms with Gasteiger partial charge in [-0.2, -0.15) is 0 Å². The smallest absolute Gasteiger partial charge is 0.307 e. The predicted octanol–water partition coefficient (Wildman–Crippen LogP) is 2.40. The molecule has 1 aromatic carbocycles. The van der Waals surface area contributed by atoms with Crippen LogP contribution < -0.4 is 9.64 Å². The van der Waals surface area contributed by atoms with Gasteiger partial charge in [-0.25, -0.2) is 0 Å². The molecule has 0 radical (unpaired) electrons. The lowest BCUT2D eigenvalue weighted by Gasteiger charge is -2.21. The molecule has 2 atom stereocenters. The zero-order valence-corrected chi connectivity index (χ0v) is 12.8. The number of hydrogen-bond donors (Lipinski definition) is 1. The van der Waals surface area contributed by atoms with E-state index in [1.54, 1.807) is 19.2 Å². The third-order valence-corrected chi connectivity index (χ3v) is 4.22. The molecule has 114 valence electrons. The van der Waals surface area contributed by atoms with Crippen LogP contribution in [0.5, 0.6) is 5.75 Å². The van der Waals surface area contributed by atoms with Gasteiger partial charge in [-0.1, -0.05) is 26.0 Å². The molecule has 1 saturated carbocycles. The van der Waals surface area contributed by atoms with Crippen molar-refractivity contribution >= 4 is 17.6 Å². The number of nitrogens with zero attached hydrogens (tertiary/aromatic N) is 1. The number of amides is 1. The Balaban J connectivity index is 2.23. The third-order valence-electron chi connectivity index (χ3n) is 4.22. The highest BCUT2D eigenvalue weighted by molar-refractivity contribution is 6.01. The summed E-state index contributed by atoms with van der Waals surface area (Å²) in [5, 5.41) is 9.20. The Hall–Kier alpha value is -2.04. The Morgan fingerprint density at radius 1 is 1.29 bits per heavy atom. The summed E-state index contributed by atoms with van der Waals surface area (Å²) in [5.41, 5.74) is 0.161. The second-order valence-electron chi connectivity index (χ2n) is 5.91. The van der Waals surface area contributed by atoms with Crippen molar-refractivity contribution in [3.05, 3.63) is 24.3 Å². The van der Waals surface area contributed by atoms with Gasteiger partial charge < -0.3 is 14.7 Å². The summed E-state index contributed by atoms with van der Waals surface area (Å²) in [6.07, 6.45) is 0. The number of carbonyl (C=O) groups excluding carboxylic acids is 1. The van der Waals surface area contributed by atoms with Crippen LogP contribution in [0, 0.1) is 17.3 Å². The van der Waals surface area contributed by atoms with Crippen molar-refractivity contribution in [2.24, 2.45) is 17.3 Å². The fourth-order valence-corrected chi connectivity index (χ4v) is 2.90. The first-order valence-corrected chi connectivity index (χ1v) is 7.04. The summed E-state index contributed by atoms with van der Waals surface area (Å²) in [5.74, 6) is -1.58. The second-order valence-corrected chi connectivity index (χ2v) is 5.91. The maximum absolute atomic E-state index is 12.6. The number of carboxylic acid groups (broad SMARTS) is 1. The van der Waals surface area contributed by atoms with Gasteiger partial charge in [0.1, 0.15) is 5.75 Å². The zero-order valence-electron chi connectivity index (χ0n) is 12.8. The van der Waals surface area contributed by atoms with Crippen LogP contribution in [0.25, 0.3) is 0 Å². The lowest BCUT2D eigenvalue weighted by atomic mass is 10.1. The molecule has 1 fully saturated rings. The summed E-state index contributed by atoms with van der Waals surface area (Å²) < 4.78 is 5.52. The van der Waals surface area contributed by atoms with Gasteiger partial charge in [0.25, 0.3) is 0 Å². The topological polar surface area (TPSA) is 66.8 Å². The molecule has 5 heteroatoms. The van der Waals surface area contributed by atoms with Gasteiger partial charge in [0.05, 0.1) is 24.1 Å². The Morgan fingerprint density at radius 3 is 2.43 bits per heavy atom. The molecule has 0 unspecified atom stereocenters. The molecule has 0 aliphatic heterocycles. The van der Waals surface area contributed by atoms with Crippen molar-refractivity contribution in [3.63, 3.8) is 0 Å². The van der Waals surface area contributed by atoms with E-state index in [2.05, 4.69) is 0 Å². The lowest BCUT2D eigenvalue weighted by Crippen LogP contribution is -2.30. The van der Waals surface area contributed by atoms with Crippen LogP contribution in [0.3, 0.4) is 0 Å². The van der Waals surface area contributed by atoms with Crippen LogP contribution in [0.4, 0.5) is 5.69 Å². The number of rotatable bonds is 5. The summed E-state index contributed by atoms with van der Waals surface area (Å²) in [7, 11) is 1.66. The lowest BCUT2D eigenvalue weighted by molar-refractivity contribution is -0.140. The summed E-state index contributed by atoms with van der Waals surface area (Å²) >= 11 is 0.